The second kappa shape index (κ2) is 12.7. The first-order valence-electron chi connectivity index (χ1n) is 12.2. The smallest absolute Gasteiger partial charge is 0.407 e. The standard InChI is InChI=1S/C29H36N2O5S/c1-29(2,3)26-18-24(15-16-27(26)35-20-22-11-7-5-8-12-22)17-25(19-30-37(4,33)34)31-28(32)36-21-23-13-9-6-10-14-23/h5-16,18,25,30H,17,19-21H2,1-4H3,(H,31,32). The summed E-state index contributed by atoms with van der Waals surface area (Å²) in [6.07, 6.45) is 0.891. The third kappa shape index (κ3) is 9.90. The zero-order valence-electron chi connectivity index (χ0n) is 21.9. The lowest BCUT2D eigenvalue weighted by atomic mass is 9.84. The average Bonchev–Trinajstić information content (AvgIpc) is 2.85. The minimum absolute atomic E-state index is 0.0381. The molecule has 8 heteroatoms. The summed E-state index contributed by atoms with van der Waals surface area (Å²) in [4.78, 5) is 12.5. The average molecular weight is 525 g/mol. The van der Waals surface area contributed by atoms with Crippen LogP contribution in [0, 0.1) is 0 Å². The number of nitrogens with one attached hydrogen (secondary N) is 2. The van der Waals surface area contributed by atoms with E-state index < -0.39 is 22.2 Å². The number of hydrogen-bond acceptors (Lipinski definition) is 5. The Balaban J connectivity index is 1.73. The van der Waals surface area contributed by atoms with Crippen molar-refractivity contribution >= 4 is 16.1 Å². The van der Waals surface area contributed by atoms with Crippen LogP contribution in [0.25, 0.3) is 0 Å². The van der Waals surface area contributed by atoms with E-state index in [0.717, 1.165) is 34.3 Å². The van der Waals surface area contributed by atoms with Gasteiger partial charge in [0.15, 0.2) is 0 Å². The predicted octanol–water partition coefficient (Wildman–Crippen LogP) is 4.95. The van der Waals surface area contributed by atoms with Crippen molar-refractivity contribution in [3.05, 3.63) is 101 Å². The van der Waals surface area contributed by atoms with Gasteiger partial charge in [0, 0.05) is 12.6 Å². The van der Waals surface area contributed by atoms with Gasteiger partial charge in [-0.1, -0.05) is 93.6 Å². The van der Waals surface area contributed by atoms with Crippen molar-refractivity contribution in [3.8, 4) is 5.75 Å². The highest BCUT2D eigenvalue weighted by Gasteiger charge is 2.22. The topological polar surface area (TPSA) is 93.7 Å². The molecule has 198 valence electrons. The molecule has 0 aliphatic carbocycles. The van der Waals surface area contributed by atoms with Crippen molar-refractivity contribution in [1.29, 1.82) is 0 Å². The van der Waals surface area contributed by atoms with Crippen molar-refractivity contribution in [3.63, 3.8) is 0 Å². The van der Waals surface area contributed by atoms with Crippen molar-refractivity contribution in [2.45, 2.75) is 51.9 Å². The Morgan fingerprint density at radius 2 is 1.46 bits per heavy atom. The molecular weight excluding hydrogens is 488 g/mol. The molecule has 0 radical (unpaired) electrons. The number of rotatable bonds is 11. The van der Waals surface area contributed by atoms with Crippen LogP contribution >= 0.6 is 0 Å². The number of amides is 1. The van der Waals surface area contributed by atoms with Gasteiger partial charge in [0.1, 0.15) is 19.0 Å². The quantitative estimate of drug-likeness (QED) is 0.370. The molecule has 0 spiro atoms. The van der Waals surface area contributed by atoms with E-state index in [1.165, 1.54) is 0 Å². The van der Waals surface area contributed by atoms with Gasteiger partial charge in [-0.2, -0.15) is 0 Å². The van der Waals surface area contributed by atoms with Crippen LogP contribution < -0.4 is 14.8 Å². The van der Waals surface area contributed by atoms with Crippen LogP contribution in [-0.2, 0) is 39.8 Å². The minimum atomic E-state index is -3.44. The lowest BCUT2D eigenvalue weighted by Crippen LogP contribution is -2.45. The normalized spacial score (nSPS) is 12.5. The van der Waals surface area contributed by atoms with E-state index >= 15 is 0 Å². The number of hydrogen-bond donors (Lipinski definition) is 2. The van der Waals surface area contributed by atoms with E-state index in [2.05, 4.69) is 36.9 Å². The Labute approximate surface area is 220 Å². The number of carbonyl (C=O) groups excluding carboxylic acids is 1. The van der Waals surface area contributed by atoms with Crippen molar-refractivity contribution in [1.82, 2.24) is 10.0 Å². The molecule has 0 heterocycles. The van der Waals surface area contributed by atoms with Crippen LogP contribution in [0.2, 0.25) is 0 Å². The van der Waals surface area contributed by atoms with Gasteiger partial charge in [-0.15, -0.1) is 0 Å². The summed E-state index contributed by atoms with van der Waals surface area (Å²) in [5.41, 5.74) is 3.73. The maximum Gasteiger partial charge on any atom is 0.407 e. The Hall–Kier alpha value is -3.36. The lowest BCUT2D eigenvalue weighted by Gasteiger charge is -2.25. The SMILES string of the molecule is CC(C)(C)c1cc(CC(CNS(C)(=O)=O)NC(=O)OCc2ccccc2)ccc1OCc1ccccc1. The molecule has 3 aromatic rings. The molecule has 0 bridgehead atoms. The first-order chi connectivity index (χ1) is 17.5. The summed E-state index contributed by atoms with van der Waals surface area (Å²) in [5, 5.41) is 2.81. The molecule has 0 saturated carbocycles. The van der Waals surface area contributed by atoms with Crippen LogP contribution in [0.4, 0.5) is 4.79 Å². The highest BCUT2D eigenvalue weighted by atomic mass is 32.2. The summed E-state index contributed by atoms with van der Waals surface area (Å²) >= 11 is 0. The third-order valence-electron chi connectivity index (χ3n) is 5.70. The monoisotopic (exact) mass is 524 g/mol. The number of benzene rings is 3. The molecule has 1 amide bonds. The predicted molar refractivity (Wildman–Crippen MR) is 146 cm³/mol. The van der Waals surface area contributed by atoms with Gasteiger partial charge in [-0.3, -0.25) is 0 Å². The molecule has 0 aliphatic rings. The van der Waals surface area contributed by atoms with Gasteiger partial charge >= 0.3 is 6.09 Å². The highest BCUT2D eigenvalue weighted by Crippen LogP contribution is 2.33. The van der Waals surface area contributed by atoms with Crippen LogP contribution in [-0.4, -0.2) is 33.4 Å². The molecular formula is C29H36N2O5S. The second-order valence-electron chi connectivity index (χ2n) is 10.1. The van der Waals surface area contributed by atoms with Crippen LogP contribution in [0.3, 0.4) is 0 Å². The third-order valence-corrected chi connectivity index (χ3v) is 6.39. The second-order valence-corrected chi connectivity index (χ2v) is 11.9. The van der Waals surface area contributed by atoms with E-state index in [1.54, 1.807) is 0 Å². The molecule has 0 aliphatic heterocycles. The fourth-order valence-electron chi connectivity index (χ4n) is 3.79. The van der Waals surface area contributed by atoms with Gasteiger partial charge in [0.2, 0.25) is 10.0 Å². The Kier molecular flexibility index (Phi) is 9.72. The zero-order chi connectivity index (χ0) is 26.9. The van der Waals surface area contributed by atoms with Gasteiger partial charge < -0.3 is 14.8 Å². The first kappa shape index (κ1) is 28.2. The fourth-order valence-corrected chi connectivity index (χ4v) is 4.30. The Morgan fingerprint density at radius 1 is 0.865 bits per heavy atom. The summed E-state index contributed by atoms with van der Waals surface area (Å²) < 4.78 is 37.5. The molecule has 1 unspecified atom stereocenters. The van der Waals surface area contributed by atoms with E-state index in [-0.39, 0.29) is 18.6 Å². The zero-order valence-corrected chi connectivity index (χ0v) is 22.7. The van der Waals surface area contributed by atoms with Crippen LogP contribution in [0.5, 0.6) is 5.75 Å². The summed E-state index contributed by atoms with van der Waals surface area (Å²) in [6, 6.07) is 24.8. The maximum absolute atomic E-state index is 12.5. The molecule has 1 atom stereocenters. The molecule has 2 N–H and O–H groups in total. The molecule has 0 saturated heterocycles. The van der Waals surface area contributed by atoms with Crippen molar-refractivity contribution < 1.29 is 22.7 Å². The number of ether oxygens (including phenoxy) is 2. The van der Waals surface area contributed by atoms with E-state index in [9.17, 15) is 13.2 Å². The minimum Gasteiger partial charge on any atom is -0.489 e. The number of carbonyl (C=O) groups is 1. The van der Waals surface area contributed by atoms with Crippen molar-refractivity contribution in [2.24, 2.45) is 0 Å². The summed E-state index contributed by atoms with van der Waals surface area (Å²) in [6.45, 7) is 6.96. The highest BCUT2D eigenvalue weighted by molar-refractivity contribution is 7.88. The Bertz CT molecular complexity index is 1260. The molecule has 37 heavy (non-hydrogen) atoms. The van der Waals surface area contributed by atoms with Crippen molar-refractivity contribution in [2.75, 3.05) is 12.8 Å². The van der Waals surface area contributed by atoms with Gasteiger partial charge in [0.05, 0.1) is 6.26 Å². The van der Waals surface area contributed by atoms with Crippen LogP contribution in [0.1, 0.15) is 43.0 Å². The molecule has 3 aromatic carbocycles. The number of alkyl carbamates (subject to hydrolysis) is 1. The Morgan fingerprint density at radius 3 is 2.03 bits per heavy atom. The lowest BCUT2D eigenvalue weighted by molar-refractivity contribution is 0.135. The van der Waals surface area contributed by atoms with Gasteiger partial charge in [-0.25, -0.2) is 17.9 Å². The summed E-state index contributed by atoms with van der Waals surface area (Å²) in [5.74, 6) is 0.793. The molecule has 0 aromatic heterocycles. The number of sulfonamides is 1. The largest absolute Gasteiger partial charge is 0.489 e. The van der Waals surface area contributed by atoms with Gasteiger partial charge in [0.25, 0.3) is 0 Å². The summed E-state index contributed by atoms with van der Waals surface area (Å²) in [7, 11) is -3.44. The van der Waals surface area contributed by atoms with E-state index in [0.29, 0.717) is 13.0 Å². The first-order valence-corrected chi connectivity index (χ1v) is 14.1. The molecule has 3 rings (SSSR count). The van der Waals surface area contributed by atoms with Crippen LogP contribution in [0.15, 0.2) is 78.9 Å². The van der Waals surface area contributed by atoms with Gasteiger partial charge in [-0.05, 0) is 40.2 Å². The molecule has 7 nitrogen and oxygen atoms in total. The maximum atomic E-state index is 12.5. The van der Waals surface area contributed by atoms with E-state index in [1.807, 2.05) is 72.8 Å². The molecule has 0 fully saturated rings. The fraction of sp³-hybridized carbons (Fsp3) is 0.345. The van der Waals surface area contributed by atoms with E-state index in [4.69, 9.17) is 9.47 Å².